The number of carbonyl (C=O) groups excluding carboxylic acids is 2. The first-order valence-corrected chi connectivity index (χ1v) is 23.2. The van der Waals surface area contributed by atoms with Crippen molar-refractivity contribution in [2.24, 2.45) is 0 Å². The van der Waals surface area contributed by atoms with E-state index in [4.69, 9.17) is 9.47 Å². The van der Waals surface area contributed by atoms with Gasteiger partial charge in [0.25, 0.3) is 0 Å². The largest absolute Gasteiger partial charge is 0.450 e. The van der Waals surface area contributed by atoms with Crippen molar-refractivity contribution in [3.8, 4) is 20.9 Å². The molecule has 0 radical (unpaired) electrons. The fraction of sp³-hybridized carbons (Fsp3) is 0.435. The maximum absolute atomic E-state index is 13.4. The van der Waals surface area contributed by atoms with Gasteiger partial charge in [-0.15, -0.1) is 22.7 Å². The molecule has 2 aromatic carbocycles. The highest BCUT2D eigenvalue weighted by Gasteiger charge is 2.50. The molecule has 1 saturated carbocycles. The summed E-state index contributed by atoms with van der Waals surface area (Å²) in [4.78, 5) is 29.3. The molecule has 4 heterocycles. The molecule has 0 bridgehead atoms. The van der Waals surface area contributed by atoms with Crippen LogP contribution < -0.4 is 0 Å². The zero-order valence-corrected chi connectivity index (χ0v) is 36.3. The summed E-state index contributed by atoms with van der Waals surface area (Å²) in [5.74, 6) is -0.674. The SMILES string of the molecule is CCCCCCCCc1cc(-c2ccc(C3=C4CCC5=C(c6ccc(-c7cc(CCCCCCCC)c(Br)s7)cc6)C(=O)OC5C4OC3=O)cc2)sc1Br. The van der Waals surface area contributed by atoms with Gasteiger partial charge in [0, 0.05) is 9.75 Å². The molecule has 284 valence electrons. The number of esters is 2. The van der Waals surface area contributed by atoms with Crippen molar-refractivity contribution in [2.75, 3.05) is 0 Å². The number of carbonyl (C=O) groups is 2. The fourth-order valence-corrected chi connectivity index (χ4v) is 11.7. The monoisotopic (exact) mass is 888 g/mol. The standard InChI is InChI=1S/C46H50Br2O4S2/c1-3-5-7-9-11-13-15-33-27-37(53-43(33)47)29-17-21-31(22-18-29)39-35-25-26-36-40(46(50)52-42(36)41(35)51-45(39)49)32-23-19-30(20-24-32)38-28-34(44(48)54-38)16-14-12-10-8-6-4-2/h17-24,27-28,41-42H,3-16,25-26H2,1-2H3. The number of aryl methyl sites for hydroxylation is 2. The first-order chi connectivity index (χ1) is 26.4. The lowest BCUT2D eigenvalue weighted by Crippen LogP contribution is -2.34. The van der Waals surface area contributed by atoms with Gasteiger partial charge in [-0.25, -0.2) is 9.59 Å². The second-order valence-electron chi connectivity index (χ2n) is 15.0. The Bertz CT molecular complexity index is 1870. The number of ether oxygens (including phenoxy) is 2. The average molecular weight is 891 g/mol. The zero-order valence-electron chi connectivity index (χ0n) is 31.4. The Kier molecular flexibility index (Phi) is 13.5. The van der Waals surface area contributed by atoms with Gasteiger partial charge in [0.2, 0.25) is 0 Å². The lowest BCUT2D eigenvalue weighted by Gasteiger charge is -2.27. The molecule has 0 saturated heterocycles. The first-order valence-electron chi connectivity index (χ1n) is 20.0. The molecular weight excluding hydrogens is 840 g/mol. The van der Waals surface area contributed by atoms with E-state index in [-0.39, 0.29) is 11.9 Å². The number of hydrogen-bond donors (Lipinski definition) is 0. The maximum Gasteiger partial charge on any atom is 0.339 e. The third kappa shape index (κ3) is 8.77. The molecule has 3 aliphatic rings. The van der Waals surface area contributed by atoms with Crippen molar-refractivity contribution in [3.63, 3.8) is 0 Å². The molecule has 54 heavy (non-hydrogen) atoms. The molecule has 2 atom stereocenters. The average Bonchev–Trinajstić information content (AvgIpc) is 3.93. The zero-order chi connectivity index (χ0) is 37.6. The molecule has 1 aliphatic carbocycles. The first kappa shape index (κ1) is 39.5. The van der Waals surface area contributed by atoms with E-state index in [1.807, 2.05) is 24.3 Å². The third-order valence-electron chi connectivity index (χ3n) is 11.2. The molecule has 0 N–H and O–H groups in total. The minimum atomic E-state index is -0.581. The van der Waals surface area contributed by atoms with Crippen LogP contribution in [0.25, 0.3) is 32.0 Å². The summed E-state index contributed by atoms with van der Waals surface area (Å²) in [6.45, 7) is 4.51. The molecule has 2 aliphatic heterocycles. The van der Waals surface area contributed by atoms with Crippen LogP contribution in [-0.4, -0.2) is 24.1 Å². The Balaban J connectivity index is 1.02. The highest BCUT2D eigenvalue weighted by atomic mass is 79.9. The Morgan fingerprint density at radius 2 is 0.889 bits per heavy atom. The molecule has 0 amide bonds. The van der Waals surface area contributed by atoms with Crippen LogP contribution in [0.4, 0.5) is 0 Å². The normalized spacial score (nSPS) is 18.0. The lowest BCUT2D eigenvalue weighted by atomic mass is 9.81. The Morgan fingerprint density at radius 3 is 1.28 bits per heavy atom. The van der Waals surface area contributed by atoms with E-state index in [2.05, 4.69) is 82.1 Å². The van der Waals surface area contributed by atoms with Gasteiger partial charge in [0.05, 0.1) is 18.7 Å². The van der Waals surface area contributed by atoms with Crippen LogP contribution in [0.3, 0.4) is 0 Å². The topological polar surface area (TPSA) is 52.6 Å². The second kappa shape index (κ2) is 18.4. The van der Waals surface area contributed by atoms with Crippen molar-refractivity contribution in [3.05, 3.63) is 102 Å². The van der Waals surface area contributed by atoms with Crippen molar-refractivity contribution in [2.45, 2.75) is 129 Å². The Hall–Kier alpha value is -2.78. The highest BCUT2D eigenvalue weighted by Crippen LogP contribution is 2.48. The van der Waals surface area contributed by atoms with Gasteiger partial charge in [-0.05, 0) is 127 Å². The van der Waals surface area contributed by atoms with Crippen molar-refractivity contribution in [1.82, 2.24) is 0 Å². The molecule has 8 heteroatoms. The van der Waals surface area contributed by atoms with Crippen LogP contribution in [0.2, 0.25) is 0 Å². The number of hydrogen-bond acceptors (Lipinski definition) is 6. The molecule has 7 rings (SSSR count). The van der Waals surface area contributed by atoms with Crippen LogP contribution in [0.5, 0.6) is 0 Å². The number of halogens is 2. The fourth-order valence-electron chi connectivity index (χ4n) is 8.17. The Morgan fingerprint density at radius 1 is 0.537 bits per heavy atom. The second-order valence-corrected chi connectivity index (χ2v) is 19.7. The molecule has 2 aromatic heterocycles. The quantitative estimate of drug-likeness (QED) is 0.0738. The number of rotatable bonds is 18. The van der Waals surface area contributed by atoms with E-state index in [1.165, 1.54) is 106 Å². The van der Waals surface area contributed by atoms with Crippen LogP contribution in [0.15, 0.2) is 79.4 Å². The number of fused-ring (bicyclic) bond motifs is 3. The van der Waals surface area contributed by atoms with E-state index in [0.717, 1.165) is 46.2 Å². The summed E-state index contributed by atoms with van der Waals surface area (Å²) in [6, 6.07) is 21.2. The molecule has 4 aromatic rings. The predicted molar refractivity (Wildman–Crippen MR) is 232 cm³/mol. The van der Waals surface area contributed by atoms with Gasteiger partial charge in [0.1, 0.15) is 0 Å². The van der Waals surface area contributed by atoms with Crippen molar-refractivity contribution < 1.29 is 19.1 Å². The number of thiophene rings is 2. The van der Waals surface area contributed by atoms with Gasteiger partial charge in [-0.2, -0.15) is 0 Å². The summed E-state index contributed by atoms with van der Waals surface area (Å²) in [5, 5.41) is 0. The van der Waals surface area contributed by atoms with Crippen molar-refractivity contribution in [1.29, 1.82) is 0 Å². The molecular formula is C46H50Br2O4S2. The van der Waals surface area contributed by atoms with Crippen LogP contribution in [0, 0.1) is 0 Å². The summed E-state index contributed by atoms with van der Waals surface area (Å²) >= 11 is 11.2. The minimum Gasteiger partial charge on any atom is -0.450 e. The minimum absolute atomic E-state index is 0.337. The van der Waals surface area contributed by atoms with Gasteiger partial charge < -0.3 is 9.47 Å². The van der Waals surface area contributed by atoms with E-state index in [1.54, 1.807) is 22.7 Å². The number of benzene rings is 2. The van der Waals surface area contributed by atoms with Gasteiger partial charge >= 0.3 is 11.9 Å². The van der Waals surface area contributed by atoms with Crippen LogP contribution in [-0.2, 0) is 31.9 Å². The Labute approximate surface area is 345 Å². The third-order valence-corrected chi connectivity index (χ3v) is 15.2. The predicted octanol–water partition coefficient (Wildman–Crippen LogP) is 14.3. The lowest BCUT2D eigenvalue weighted by molar-refractivity contribution is -0.151. The molecule has 4 nitrogen and oxygen atoms in total. The van der Waals surface area contributed by atoms with Crippen LogP contribution >= 0.6 is 54.5 Å². The number of unbranched alkanes of at least 4 members (excludes halogenated alkanes) is 10. The summed E-state index contributed by atoms with van der Waals surface area (Å²) in [7, 11) is 0. The van der Waals surface area contributed by atoms with E-state index in [9.17, 15) is 9.59 Å². The molecule has 0 spiro atoms. The maximum atomic E-state index is 13.4. The highest BCUT2D eigenvalue weighted by molar-refractivity contribution is 9.11. The molecule has 2 unspecified atom stereocenters. The molecule has 1 fully saturated rings. The van der Waals surface area contributed by atoms with Crippen LogP contribution in [0.1, 0.15) is 126 Å². The van der Waals surface area contributed by atoms with E-state index >= 15 is 0 Å². The van der Waals surface area contributed by atoms with E-state index in [0.29, 0.717) is 24.0 Å². The summed E-state index contributed by atoms with van der Waals surface area (Å²) in [6.07, 6.45) is 17.8. The van der Waals surface area contributed by atoms with E-state index < -0.39 is 12.2 Å². The van der Waals surface area contributed by atoms with Crippen molar-refractivity contribution >= 4 is 77.6 Å². The summed E-state index contributed by atoms with van der Waals surface area (Å²) in [5.41, 5.74) is 9.84. The van der Waals surface area contributed by atoms with Gasteiger partial charge in [0.15, 0.2) is 12.2 Å². The summed E-state index contributed by atoms with van der Waals surface area (Å²) < 4.78 is 14.4. The van der Waals surface area contributed by atoms with Gasteiger partial charge in [-0.3, -0.25) is 0 Å². The van der Waals surface area contributed by atoms with Gasteiger partial charge in [-0.1, -0.05) is 127 Å². The smallest absolute Gasteiger partial charge is 0.339 e.